The lowest BCUT2D eigenvalue weighted by Crippen LogP contribution is -2.53. The maximum absolute atomic E-state index is 13.0. The SMILES string of the molecule is CS(=O)(=O)/N=C1\CCCN2C(=O)COc3ccccc3C3CCC(CC3)OCC12. The molecule has 1 aliphatic carbocycles. The molecule has 158 valence electrons. The highest BCUT2D eigenvalue weighted by molar-refractivity contribution is 7.89. The van der Waals surface area contributed by atoms with Crippen molar-refractivity contribution in [1.82, 2.24) is 4.90 Å². The second kappa shape index (κ2) is 8.44. The lowest BCUT2D eigenvalue weighted by atomic mass is 9.82. The van der Waals surface area contributed by atoms with Gasteiger partial charge in [0.05, 0.1) is 30.7 Å². The summed E-state index contributed by atoms with van der Waals surface area (Å²) in [4.78, 5) is 14.7. The highest BCUT2D eigenvalue weighted by atomic mass is 32.2. The Morgan fingerprint density at radius 2 is 1.90 bits per heavy atom. The van der Waals surface area contributed by atoms with Gasteiger partial charge in [0, 0.05) is 6.54 Å². The molecular formula is C21H28N2O5S. The molecule has 4 aliphatic rings. The number of ether oxygens (including phenoxy) is 2. The molecule has 1 amide bonds. The minimum absolute atomic E-state index is 0.0736. The molecule has 2 bridgehead atoms. The second-order valence-corrected chi connectivity index (χ2v) is 9.80. The fraction of sp³-hybridized carbons (Fsp3) is 0.619. The Labute approximate surface area is 172 Å². The molecule has 1 aromatic carbocycles. The van der Waals surface area contributed by atoms with Crippen LogP contribution in [0.4, 0.5) is 0 Å². The molecule has 1 aromatic rings. The van der Waals surface area contributed by atoms with Crippen molar-refractivity contribution in [2.45, 2.75) is 56.6 Å². The zero-order valence-electron chi connectivity index (χ0n) is 16.7. The Bertz CT molecular complexity index is 890. The normalized spacial score (nSPS) is 29.8. The number of rotatable bonds is 1. The molecule has 0 aromatic heterocycles. The van der Waals surface area contributed by atoms with Gasteiger partial charge in [-0.25, -0.2) is 8.42 Å². The van der Waals surface area contributed by atoms with E-state index in [0.29, 0.717) is 31.0 Å². The van der Waals surface area contributed by atoms with Crippen molar-refractivity contribution in [2.24, 2.45) is 4.40 Å². The monoisotopic (exact) mass is 420 g/mol. The first-order valence-electron chi connectivity index (χ1n) is 10.3. The van der Waals surface area contributed by atoms with Gasteiger partial charge in [-0.05, 0) is 56.1 Å². The van der Waals surface area contributed by atoms with Gasteiger partial charge in [0.1, 0.15) is 5.75 Å². The number of para-hydroxylation sites is 1. The minimum atomic E-state index is -3.54. The van der Waals surface area contributed by atoms with Crippen LogP contribution in [0, 0.1) is 0 Å². The van der Waals surface area contributed by atoms with Crippen LogP contribution in [-0.4, -0.2) is 63.1 Å². The predicted molar refractivity (Wildman–Crippen MR) is 110 cm³/mol. The topological polar surface area (TPSA) is 85.3 Å². The molecule has 2 fully saturated rings. The molecule has 29 heavy (non-hydrogen) atoms. The summed E-state index contributed by atoms with van der Waals surface area (Å²) in [6.45, 7) is 0.756. The molecule has 5 rings (SSSR count). The van der Waals surface area contributed by atoms with E-state index in [9.17, 15) is 13.2 Å². The first-order valence-corrected chi connectivity index (χ1v) is 12.2. The molecule has 0 spiro atoms. The van der Waals surface area contributed by atoms with Crippen LogP contribution in [-0.2, 0) is 19.6 Å². The molecule has 1 atom stereocenters. The van der Waals surface area contributed by atoms with E-state index in [1.165, 1.54) is 0 Å². The third-order valence-electron chi connectivity index (χ3n) is 6.07. The van der Waals surface area contributed by atoms with Gasteiger partial charge in [-0.3, -0.25) is 4.79 Å². The molecule has 1 saturated carbocycles. The average Bonchev–Trinajstić information content (AvgIpc) is 2.71. The van der Waals surface area contributed by atoms with Crippen molar-refractivity contribution in [3.63, 3.8) is 0 Å². The zero-order valence-corrected chi connectivity index (χ0v) is 17.6. The number of carbonyl (C=O) groups excluding carboxylic acids is 1. The van der Waals surface area contributed by atoms with E-state index < -0.39 is 16.1 Å². The number of amides is 1. The summed E-state index contributed by atoms with van der Waals surface area (Å²) in [5.41, 5.74) is 1.67. The molecule has 3 aliphatic heterocycles. The molecule has 0 radical (unpaired) electrons. The maximum Gasteiger partial charge on any atom is 0.261 e. The van der Waals surface area contributed by atoms with Crippen molar-refractivity contribution in [3.8, 4) is 5.75 Å². The van der Waals surface area contributed by atoms with Crippen molar-refractivity contribution in [2.75, 3.05) is 26.0 Å². The average molecular weight is 421 g/mol. The number of sulfonamides is 1. The van der Waals surface area contributed by atoms with Crippen molar-refractivity contribution < 1.29 is 22.7 Å². The predicted octanol–water partition coefficient (Wildman–Crippen LogP) is 2.51. The molecule has 0 N–H and O–H groups in total. The van der Waals surface area contributed by atoms with Crippen LogP contribution in [0.3, 0.4) is 0 Å². The number of nitrogens with zero attached hydrogens (tertiary/aromatic N) is 2. The van der Waals surface area contributed by atoms with Crippen molar-refractivity contribution >= 4 is 21.6 Å². The van der Waals surface area contributed by atoms with Gasteiger partial charge in [-0.15, -0.1) is 0 Å². The van der Waals surface area contributed by atoms with E-state index in [4.69, 9.17) is 9.47 Å². The number of piperidine rings is 1. The number of carbonyl (C=O) groups is 1. The number of hydrogen-bond acceptors (Lipinski definition) is 5. The Hall–Kier alpha value is -1.93. The zero-order chi connectivity index (χ0) is 20.4. The van der Waals surface area contributed by atoms with E-state index in [2.05, 4.69) is 10.5 Å². The summed E-state index contributed by atoms with van der Waals surface area (Å²) in [5.74, 6) is 1.01. The Morgan fingerprint density at radius 1 is 1.14 bits per heavy atom. The van der Waals surface area contributed by atoms with E-state index in [1.807, 2.05) is 18.2 Å². The lowest BCUT2D eigenvalue weighted by molar-refractivity contribution is -0.136. The number of benzene rings is 1. The van der Waals surface area contributed by atoms with Gasteiger partial charge in [-0.2, -0.15) is 4.40 Å². The van der Waals surface area contributed by atoms with E-state index in [-0.39, 0.29) is 25.2 Å². The Morgan fingerprint density at radius 3 is 2.66 bits per heavy atom. The van der Waals surface area contributed by atoms with Gasteiger partial charge in [0.25, 0.3) is 5.91 Å². The van der Waals surface area contributed by atoms with Crippen LogP contribution in [0.25, 0.3) is 0 Å². The summed E-state index contributed by atoms with van der Waals surface area (Å²) in [5, 5.41) is 0. The summed E-state index contributed by atoms with van der Waals surface area (Å²) in [7, 11) is -3.54. The van der Waals surface area contributed by atoms with E-state index in [1.54, 1.807) is 4.90 Å². The summed E-state index contributed by atoms with van der Waals surface area (Å²) in [6, 6.07) is 7.50. The highest BCUT2D eigenvalue weighted by Crippen LogP contribution is 2.38. The fourth-order valence-corrected chi connectivity index (χ4v) is 5.32. The third kappa shape index (κ3) is 4.80. The smallest absolute Gasteiger partial charge is 0.261 e. The standard InChI is InChI=1S/C21H28N2O5S/c1-29(25,26)22-18-6-4-12-23-19(18)13-27-16-10-8-15(9-11-16)17-5-2-3-7-20(17)28-14-21(23)24/h2-3,5,7,15-16,19H,4,6,8-14H2,1H3/b22-18+. The van der Waals surface area contributed by atoms with Crippen LogP contribution in [0.1, 0.15) is 50.0 Å². The summed E-state index contributed by atoms with van der Waals surface area (Å²) < 4.78 is 39.7. The maximum atomic E-state index is 13.0. The lowest BCUT2D eigenvalue weighted by Gasteiger charge is -2.37. The van der Waals surface area contributed by atoms with Gasteiger partial charge in [0.15, 0.2) is 6.61 Å². The van der Waals surface area contributed by atoms with Crippen molar-refractivity contribution in [1.29, 1.82) is 0 Å². The molecule has 8 heteroatoms. The Balaban J connectivity index is 1.65. The summed E-state index contributed by atoms with van der Waals surface area (Å²) >= 11 is 0. The van der Waals surface area contributed by atoms with E-state index in [0.717, 1.165) is 43.3 Å². The first-order chi connectivity index (χ1) is 13.9. The fourth-order valence-electron chi connectivity index (χ4n) is 4.68. The minimum Gasteiger partial charge on any atom is -0.483 e. The van der Waals surface area contributed by atoms with Crippen LogP contribution in [0.2, 0.25) is 0 Å². The van der Waals surface area contributed by atoms with Gasteiger partial charge >= 0.3 is 0 Å². The second-order valence-electron chi connectivity index (χ2n) is 8.16. The largest absolute Gasteiger partial charge is 0.483 e. The number of fused-ring (bicyclic) bond motifs is 5. The molecular weight excluding hydrogens is 392 g/mol. The van der Waals surface area contributed by atoms with Crippen LogP contribution >= 0.6 is 0 Å². The third-order valence-corrected chi connectivity index (χ3v) is 6.64. The molecule has 1 saturated heterocycles. The summed E-state index contributed by atoms with van der Waals surface area (Å²) in [6.07, 6.45) is 6.35. The molecule has 3 heterocycles. The van der Waals surface area contributed by atoms with E-state index >= 15 is 0 Å². The first kappa shape index (κ1) is 20.3. The number of hydrogen-bond donors (Lipinski definition) is 0. The van der Waals surface area contributed by atoms with Crippen LogP contribution < -0.4 is 4.74 Å². The van der Waals surface area contributed by atoms with Gasteiger partial charge < -0.3 is 14.4 Å². The van der Waals surface area contributed by atoms with Gasteiger partial charge in [-0.1, -0.05) is 18.2 Å². The molecule has 7 nitrogen and oxygen atoms in total. The van der Waals surface area contributed by atoms with Crippen molar-refractivity contribution in [3.05, 3.63) is 29.8 Å². The van der Waals surface area contributed by atoms with Crippen LogP contribution in [0.15, 0.2) is 28.7 Å². The highest BCUT2D eigenvalue weighted by Gasteiger charge is 2.35. The molecule has 1 unspecified atom stereocenters. The quantitative estimate of drug-likeness (QED) is 0.697. The Kier molecular flexibility index (Phi) is 5.92. The van der Waals surface area contributed by atoms with Gasteiger partial charge in [0.2, 0.25) is 10.0 Å². The van der Waals surface area contributed by atoms with Crippen LogP contribution in [0.5, 0.6) is 5.75 Å².